The summed E-state index contributed by atoms with van der Waals surface area (Å²) >= 11 is 1.64. The fourth-order valence-corrected chi connectivity index (χ4v) is 3.46. The monoisotopic (exact) mass is 388 g/mol. The quantitative estimate of drug-likeness (QED) is 0.689. The average Bonchev–Trinajstić information content (AvgIpc) is 3.12. The van der Waals surface area contributed by atoms with Crippen LogP contribution in [-0.2, 0) is 11.2 Å². The van der Waals surface area contributed by atoms with E-state index in [0.29, 0.717) is 12.2 Å². The summed E-state index contributed by atoms with van der Waals surface area (Å²) in [5.41, 5.74) is 1.70. The first kappa shape index (κ1) is 21.0. The molecule has 6 heteroatoms. The third kappa shape index (κ3) is 6.40. The lowest BCUT2D eigenvalue weighted by Gasteiger charge is -2.24. The van der Waals surface area contributed by atoms with Gasteiger partial charge in [0, 0.05) is 11.6 Å². The molecule has 2 amide bonds. The van der Waals surface area contributed by atoms with E-state index in [9.17, 15) is 9.59 Å². The number of ether oxygens (including phenoxy) is 1. The summed E-state index contributed by atoms with van der Waals surface area (Å²) in [4.78, 5) is 25.2. The maximum Gasteiger partial charge on any atom is 0.251 e. The molecular weight excluding hydrogens is 360 g/mol. The van der Waals surface area contributed by atoms with Gasteiger partial charge >= 0.3 is 0 Å². The molecule has 0 spiro atoms. The van der Waals surface area contributed by atoms with Crippen molar-refractivity contribution < 1.29 is 14.3 Å². The van der Waals surface area contributed by atoms with E-state index in [1.165, 1.54) is 5.56 Å². The lowest BCUT2D eigenvalue weighted by Crippen LogP contribution is -2.52. The summed E-state index contributed by atoms with van der Waals surface area (Å²) in [5, 5.41) is 9.98. The summed E-state index contributed by atoms with van der Waals surface area (Å²) in [7, 11) is 0. The number of nitrogens with one attached hydrogen (secondary N) is 2. The Labute approximate surface area is 165 Å². The molecule has 5 nitrogen and oxygen atoms in total. The molecule has 0 radical (unpaired) electrons. The SMILES string of the molecule is CCOc1ccc(C(=O)NC(C(=O)NC(C)Cc2ccsc2)C(C)C)cc1. The number of hydrogen-bond donors (Lipinski definition) is 2. The van der Waals surface area contributed by atoms with Crippen molar-refractivity contribution in [3.8, 4) is 5.75 Å². The fourth-order valence-electron chi connectivity index (χ4n) is 2.77. The highest BCUT2D eigenvalue weighted by molar-refractivity contribution is 7.07. The molecule has 2 aromatic rings. The number of benzene rings is 1. The first-order valence-corrected chi connectivity index (χ1v) is 10.2. The highest BCUT2D eigenvalue weighted by atomic mass is 32.1. The molecule has 1 aromatic heterocycles. The van der Waals surface area contributed by atoms with Crippen molar-refractivity contribution in [2.75, 3.05) is 6.61 Å². The summed E-state index contributed by atoms with van der Waals surface area (Å²) in [6, 6.07) is 8.38. The molecule has 1 aromatic carbocycles. The normalized spacial score (nSPS) is 13.1. The van der Waals surface area contributed by atoms with Gasteiger partial charge in [0.15, 0.2) is 0 Å². The van der Waals surface area contributed by atoms with Gasteiger partial charge in [-0.2, -0.15) is 11.3 Å². The van der Waals surface area contributed by atoms with E-state index in [2.05, 4.69) is 22.1 Å². The lowest BCUT2D eigenvalue weighted by molar-refractivity contribution is -0.124. The Morgan fingerprint density at radius 3 is 2.33 bits per heavy atom. The van der Waals surface area contributed by atoms with Crippen molar-refractivity contribution >= 4 is 23.2 Å². The second-order valence-electron chi connectivity index (χ2n) is 6.90. The average molecular weight is 389 g/mol. The number of carbonyl (C=O) groups is 2. The number of rotatable bonds is 9. The molecule has 146 valence electrons. The number of amides is 2. The molecule has 0 saturated carbocycles. The Kier molecular flexibility index (Phi) is 7.85. The van der Waals surface area contributed by atoms with Crippen molar-refractivity contribution in [1.29, 1.82) is 0 Å². The zero-order valence-corrected chi connectivity index (χ0v) is 17.1. The Hall–Kier alpha value is -2.34. The molecule has 1 heterocycles. The van der Waals surface area contributed by atoms with Crippen molar-refractivity contribution in [3.63, 3.8) is 0 Å². The van der Waals surface area contributed by atoms with Gasteiger partial charge in [-0.05, 0) is 72.8 Å². The van der Waals surface area contributed by atoms with E-state index < -0.39 is 6.04 Å². The molecule has 0 aliphatic heterocycles. The summed E-state index contributed by atoms with van der Waals surface area (Å²) in [6.45, 7) is 8.30. The summed E-state index contributed by atoms with van der Waals surface area (Å²) < 4.78 is 5.39. The number of thiophene rings is 1. The second kappa shape index (κ2) is 10.1. The largest absolute Gasteiger partial charge is 0.494 e. The Morgan fingerprint density at radius 2 is 1.78 bits per heavy atom. The van der Waals surface area contributed by atoms with Crippen LogP contribution in [0.3, 0.4) is 0 Å². The standard InChI is InChI=1S/C21H28N2O3S/c1-5-26-18-8-6-17(7-9-18)20(24)23-19(14(2)3)21(25)22-15(4)12-16-10-11-27-13-16/h6-11,13-15,19H,5,12H2,1-4H3,(H,22,25)(H,23,24). The predicted molar refractivity (Wildman–Crippen MR) is 109 cm³/mol. The van der Waals surface area contributed by atoms with Gasteiger partial charge in [0.25, 0.3) is 5.91 Å². The van der Waals surface area contributed by atoms with Gasteiger partial charge in [0.05, 0.1) is 6.61 Å². The zero-order valence-electron chi connectivity index (χ0n) is 16.3. The van der Waals surface area contributed by atoms with Crippen LogP contribution in [-0.4, -0.2) is 30.5 Å². The van der Waals surface area contributed by atoms with Gasteiger partial charge in [0.2, 0.25) is 5.91 Å². The summed E-state index contributed by atoms with van der Waals surface area (Å²) in [5.74, 6) is 0.267. The highest BCUT2D eigenvalue weighted by Crippen LogP contribution is 2.13. The van der Waals surface area contributed by atoms with E-state index in [4.69, 9.17) is 4.74 Å². The van der Waals surface area contributed by atoms with Crippen LogP contribution >= 0.6 is 11.3 Å². The van der Waals surface area contributed by atoms with Crippen LogP contribution in [0.15, 0.2) is 41.1 Å². The first-order valence-electron chi connectivity index (χ1n) is 9.25. The van der Waals surface area contributed by atoms with E-state index in [0.717, 1.165) is 12.2 Å². The third-order valence-electron chi connectivity index (χ3n) is 4.17. The first-order chi connectivity index (χ1) is 12.9. The van der Waals surface area contributed by atoms with Crippen LogP contribution < -0.4 is 15.4 Å². The van der Waals surface area contributed by atoms with E-state index in [-0.39, 0.29) is 23.8 Å². The molecule has 0 aliphatic carbocycles. The molecule has 0 fully saturated rings. The minimum absolute atomic E-state index is 0.00396. The van der Waals surface area contributed by atoms with E-state index >= 15 is 0 Å². The minimum atomic E-state index is -0.589. The Balaban J connectivity index is 1.96. The molecule has 2 rings (SSSR count). The van der Waals surface area contributed by atoms with Crippen LogP contribution in [0.25, 0.3) is 0 Å². The van der Waals surface area contributed by atoms with Gasteiger partial charge in [0.1, 0.15) is 11.8 Å². The van der Waals surface area contributed by atoms with Crippen LogP contribution in [0.1, 0.15) is 43.6 Å². The maximum atomic E-state index is 12.7. The molecule has 27 heavy (non-hydrogen) atoms. The molecule has 2 atom stereocenters. The van der Waals surface area contributed by atoms with Gasteiger partial charge in [-0.15, -0.1) is 0 Å². The van der Waals surface area contributed by atoms with Crippen LogP contribution in [0.4, 0.5) is 0 Å². The highest BCUT2D eigenvalue weighted by Gasteiger charge is 2.25. The van der Waals surface area contributed by atoms with Crippen molar-refractivity contribution in [2.24, 2.45) is 5.92 Å². The molecule has 0 bridgehead atoms. The topological polar surface area (TPSA) is 67.4 Å². The van der Waals surface area contributed by atoms with Crippen molar-refractivity contribution in [1.82, 2.24) is 10.6 Å². The molecule has 2 unspecified atom stereocenters. The van der Waals surface area contributed by atoms with E-state index in [1.54, 1.807) is 35.6 Å². The predicted octanol–water partition coefficient (Wildman–Crippen LogP) is 3.65. The lowest BCUT2D eigenvalue weighted by atomic mass is 10.0. The Morgan fingerprint density at radius 1 is 1.07 bits per heavy atom. The third-order valence-corrected chi connectivity index (χ3v) is 4.91. The minimum Gasteiger partial charge on any atom is -0.494 e. The Bertz CT molecular complexity index is 726. The van der Waals surface area contributed by atoms with Gasteiger partial charge in [-0.25, -0.2) is 0 Å². The van der Waals surface area contributed by atoms with Crippen molar-refractivity contribution in [3.05, 3.63) is 52.2 Å². The smallest absolute Gasteiger partial charge is 0.251 e. The van der Waals surface area contributed by atoms with Crippen LogP contribution in [0.5, 0.6) is 5.75 Å². The van der Waals surface area contributed by atoms with Gasteiger partial charge in [-0.1, -0.05) is 13.8 Å². The van der Waals surface area contributed by atoms with Crippen molar-refractivity contribution in [2.45, 2.75) is 46.2 Å². The van der Waals surface area contributed by atoms with Gasteiger partial charge in [-0.3, -0.25) is 9.59 Å². The maximum absolute atomic E-state index is 12.7. The molecular formula is C21H28N2O3S. The van der Waals surface area contributed by atoms with Crippen LogP contribution in [0.2, 0.25) is 0 Å². The molecule has 0 saturated heterocycles. The zero-order chi connectivity index (χ0) is 19.8. The number of hydrogen-bond acceptors (Lipinski definition) is 4. The second-order valence-corrected chi connectivity index (χ2v) is 7.68. The van der Waals surface area contributed by atoms with Gasteiger partial charge < -0.3 is 15.4 Å². The molecule has 0 aliphatic rings. The molecule has 2 N–H and O–H groups in total. The fraction of sp³-hybridized carbons (Fsp3) is 0.429. The summed E-state index contributed by atoms with van der Waals surface area (Å²) in [6.07, 6.45) is 0.771. The van der Waals surface area contributed by atoms with E-state index in [1.807, 2.05) is 33.1 Å². The van der Waals surface area contributed by atoms with Crippen LogP contribution in [0, 0.1) is 5.92 Å². The number of carbonyl (C=O) groups excluding carboxylic acids is 2.